The summed E-state index contributed by atoms with van der Waals surface area (Å²) < 4.78 is 0. The SMILES string of the molecule is CCCCCCN(CCCCCC)c1ccc([C]=O)cc1. The molecule has 1 aromatic carbocycles. The van der Waals surface area contributed by atoms with Crippen LogP contribution in [0.4, 0.5) is 5.69 Å². The summed E-state index contributed by atoms with van der Waals surface area (Å²) >= 11 is 0. The molecule has 0 amide bonds. The molecule has 0 unspecified atom stereocenters. The molecule has 0 aromatic heterocycles. The van der Waals surface area contributed by atoms with Gasteiger partial charge in [0.1, 0.15) is 0 Å². The third-order valence-corrected chi connectivity index (χ3v) is 3.91. The number of rotatable bonds is 12. The van der Waals surface area contributed by atoms with E-state index in [0.717, 1.165) is 13.1 Å². The van der Waals surface area contributed by atoms with E-state index < -0.39 is 0 Å². The molecule has 0 aliphatic carbocycles. The van der Waals surface area contributed by atoms with Crippen LogP contribution in [0.3, 0.4) is 0 Å². The quantitative estimate of drug-likeness (QED) is 0.498. The highest BCUT2D eigenvalue weighted by molar-refractivity contribution is 5.76. The molecule has 2 nitrogen and oxygen atoms in total. The van der Waals surface area contributed by atoms with Crippen molar-refractivity contribution in [2.75, 3.05) is 18.0 Å². The molecule has 0 saturated carbocycles. The molecule has 0 bridgehead atoms. The van der Waals surface area contributed by atoms with Gasteiger partial charge in [0.05, 0.1) is 0 Å². The topological polar surface area (TPSA) is 20.3 Å². The standard InChI is InChI=1S/C19H30NO/c1-3-5-7-9-15-20(16-10-8-6-4-2)19-13-11-18(17-21)12-14-19/h11-14H,3-10,15-16H2,1-2H3. The molecule has 0 aliphatic heterocycles. The molecule has 0 heterocycles. The minimum atomic E-state index is 0.635. The van der Waals surface area contributed by atoms with Crippen molar-refractivity contribution in [3.8, 4) is 0 Å². The maximum atomic E-state index is 10.6. The maximum absolute atomic E-state index is 10.6. The first kappa shape index (κ1) is 17.7. The first-order chi connectivity index (χ1) is 10.3. The van der Waals surface area contributed by atoms with Gasteiger partial charge in [-0.15, -0.1) is 0 Å². The highest BCUT2D eigenvalue weighted by atomic mass is 16.1. The van der Waals surface area contributed by atoms with Crippen LogP contribution in [-0.4, -0.2) is 19.4 Å². The minimum absolute atomic E-state index is 0.635. The Kier molecular flexibility index (Phi) is 9.60. The number of nitrogens with zero attached hydrogens (tertiary/aromatic N) is 1. The molecule has 0 saturated heterocycles. The smallest absolute Gasteiger partial charge is 0.233 e. The van der Waals surface area contributed by atoms with E-state index in [0.29, 0.717) is 5.56 Å². The highest BCUT2D eigenvalue weighted by Crippen LogP contribution is 2.17. The molecule has 2 heteroatoms. The average molecular weight is 288 g/mol. The van der Waals surface area contributed by atoms with Gasteiger partial charge >= 0.3 is 0 Å². The normalized spacial score (nSPS) is 10.6. The van der Waals surface area contributed by atoms with Crippen LogP contribution < -0.4 is 4.90 Å². The van der Waals surface area contributed by atoms with Crippen LogP contribution in [0.15, 0.2) is 24.3 Å². The summed E-state index contributed by atoms with van der Waals surface area (Å²) in [6, 6.07) is 7.85. The van der Waals surface area contributed by atoms with Crippen LogP contribution in [0, 0.1) is 0 Å². The molecule has 1 aromatic rings. The largest absolute Gasteiger partial charge is 0.372 e. The molecular formula is C19H30NO. The molecule has 0 fully saturated rings. The van der Waals surface area contributed by atoms with Crippen LogP contribution in [-0.2, 0) is 4.79 Å². The fourth-order valence-electron chi connectivity index (χ4n) is 2.57. The van der Waals surface area contributed by atoms with Gasteiger partial charge in [0.15, 0.2) is 0 Å². The number of hydrogen-bond acceptors (Lipinski definition) is 2. The van der Waals surface area contributed by atoms with Gasteiger partial charge in [-0.1, -0.05) is 52.4 Å². The molecule has 21 heavy (non-hydrogen) atoms. The minimum Gasteiger partial charge on any atom is -0.372 e. The van der Waals surface area contributed by atoms with Crippen molar-refractivity contribution in [3.05, 3.63) is 29.8 Å². The van der Waals surface area contributed by atoms with E-state index in [9.17, 15) is 4.79 Å². The summed E-state index contributed by atoms with van der Waals surface area (Å²) in [5, 5.41) is 0. The van der Waals surface area contributed by atoms with Gasteiger partial charge in [0.25, 0.3) is 0 Å². The van der Waals surface area contributed by atoms with Crippen molar-refractivity contribution in [2.24, 2.45) is 0 Å². The van der Waals surface area contributed by atoms with Crippen LogP contribution in [0.5, 0.6) is 0 Å². The Bertz CT molecular complexity index is 360. The van der Waals surface area contributed by atoms with E-state index in [1.165, 1.54) is 57.1 Å². The maximum Gasteiger partial charge on any atom is 0.233 e. The van der Waals surface area contributed by atoms with E-state index in [1.54, 1.807) is 0 Å². The summed E-state index contributed by atoms with van der Waals surface area (Å²) in [6.45, 7) is 6.74. The lowest BCUT2D eigenvalue weighted by Crippen LogP contribution is -2.25. The summed E-state index contributed by atoms with van der Waals surface area (Å²) in [5.74, 6) is 0. The van der Waals surface area contributed by atoms with Crippen LogP contribution in [0.2, 0.25) is 0 Å². The van der Waals surface area contributed by atoms with E-state index in [1.807, 2.05) is 18.4 Å². The number of anilines is 1. The number of carbonyl (C=O) groups excluding carboxylic acids is 1. The van der Waals surface area contributed by atoms with Crippen molar-refractivity contribution in [3.63, 3.8) is 0 Å². The summed E-state index contributed by atoms with van der Waals surface area (Å²) in [5.41, 5.74) is 1.87. The Morgan fingerprint density at radius 1 is 0.810 bits per heavy atom. The van der Waals surface area contributed by atoms with E-state index in [2.05, 4.69) is 30.9 Å². The van der Waals surface area contributed by atoms with Gasteiger partial charge in [-0.25, -0.2) is 0 Å². The lowest BCUT2D eigenvalue weighted by molar-refractivity contribution is 0.562. The molecular weight excluding hydrogens is 258 g/mol. The molecule has 0 aliphatic rings. The van der Waals surface area contributed by atoms with E-state index in [-0.39, 0.29) is 0 Å². The summed E-state index contributed by atoms with van der Waals surface area (Å²) in [7, 11) is 0. The summed E-state index contributed by atoms with van der Waals surface area (Å²) in [6.07, 6.45) is 12.3. The van der Waals surface area contributed by atoms with Gasteiger partial charge in [-0.05, 0) is 37.1 Å². The van der Waals surface area contributed by atoms with Gasteiger partial charge in [0.2, 0.25) is 6.29 Å². The second kappa shape index (κ2) is 11.4. The van der Waals surface area contributed by atoms with Gasteiger partial charge in [0, 0.05) is 24.3 Å². The fraction of sp³-hybridized carbons (Fsp3) is 0.632. The Balaban J connectivity index is 2.53. The second-order valence-corrected chi connectivity index (χ2v) is 5.76. The zero-order valence-corrected chi connectivity index (χ0v) is 13.7. The van der Waals surface area contributed by atoms with Crippen molar-refractivity contribution in [1.29, 1.82) is 0 Å². The second-order valence-electron chi connectivity index (χ2n) is 5.76. The Hall–Kier alpha value is -1.31. The number of benzene rings is 1. The van der Waals surface area contributed by atoms with E-state index in [4.69, 9.17) is 0 Å². The Morgan fingerprint density at radius 3 is 1.76 bits per heavy atom. The molecule has 0 atom stereocenters. The lowest BCUT2D eigenvalue weighted by atomic mass is 10.1. The Labute approximate surface area is 130 Å². The third-order valence-electron chi connectivity index (χ3n) is 3.91. The number of unbranched alkanes of at least 4 members (excludes halogenated alkanes) is 6. The van der Waals surface area contributed by atoms with Gasteiger partial charge in [-0.3, -0.25) is 4.79 Å². The zero-order valence-electron chi connectivity index (χ0n) is 13.7. The lowest BCUT2D eigenvalue weighted by Gasteiger charge is -2.25. The van der Waals surface area contributed by atoms with Crippen molar-refractivity contribution in [2.45, 2.75) is 65.2 Å². The van der Waals surface area contributed by atoms with Gasteiger partial charge < -0.3 is 4.90 Å². The van der Waals surface area contributed by atoms with Gasteiger partial charge in [-0.2, -0.15) is 0 Å². The van der Waals surface area contributed by atoms with Crippen LogP contribution in [0.1, 0.15) is 70.8 Å². The summed E-state index contributed by atoms with van der Waals surface area (Å²) in [4.78, 5) is 13.1. The van der Waals surface area contributed by atoms with E-state index >= 15 is 0 Å². The van der Waals surface area contributed by atoms with Crippen molar-refractivity contribution >= 4 is 12.0 Å². The predicted molar refractivity (Wildman–Crippen MR) is 91.7 cm³/mol. The number of hydrogen-bond donors (Lipinski definition) is 0. The van der Waals surface area contributed by atoms with Crippen molar-refractivity contribution in [1.82, 2.24) is 0 Å². The van der Waals surface area contributed by atoms with Crippen LogP contribution in [0.25, 0.3) is 0 Å². The highest BCUT2D eigenvalue weighted by Gasteiger charge is 2.06. The molecule has 0 spiro atoms. The first-order valence-electron chi connectivity index (χ1n) is 8.55. The van der Waals surface area contributed by atoms with Crippen molar-refractivity contribution < 1.29 is 4.79 Å². The first-order valence-corrected chi connectivity index (χ1v) is 8.55. The van der Waals surface area contributed by atoms with Crippen LogP contribution >= 0.6 is 0 Å². The monoisotopic (exact) mass is 288 g/mol. The molecule has 1 radical (unpaired) electrons. The molecule has 1 rings (SSSR count). The average Bonchev–Trinajstić information content (AvgIpc) is 2.53. The molecule has 117 valence electrons. The Morgan fingerprint density at radius 2 is 1.33 bits per heavy atom. The fourth-order valence-corrected chi connectivity index (χ4v) is 2.57. The molecule has 0 N–H and O–H groups in total. The predicted octanol–water partition coefficient (Wildman–Crippen LogP) is 5.11. The third kappa shape index (κ3) is 7.31. The zero-order chi connectivity index (χ0) is 15.3.